The van der Waals surface area contributed by atoms with Crippen LogP contribution in [0.5, 0.6) is 5.75 Å². The van der Waals surface area contributed by atoms with Crippen LogP contribution in [0.15, 0.2) is 22.7 Å². The summed E-state index contributed by atoms with van der Waals surface area (Å²) in [6, 6.07) is 6.23. The van der Waals surface area contributed by atoms with Crippen LogP contribution in [-0.2, 0) is 0 Å². The summed E-state index contributed by atoms with van der Waals surface area (Å²) in [6.45, 7) is 4.98. The molecule has 0 radical (unpaired) electrons. The number of alkyl halides is 1. The first kappa shape index (κ1) is 16.0. The zero-order valence-electron chi connectivity index (χ0n) is 11.2. The molecule has 18 heavy (non-hydrogen) atoms. The van der Waals surface area contributed by atoms with E-state index in [2.05, 4.69) is 44.8 Å². The van der Waals surface area contributed by atoms with Gasteiger partial charge in [0.25, 0.3) is 0 Å². The minimum absolute atomic E-state index is 0.383. The first-order valence-corrected chi connectivity index (χ1v) is 8.46. The predicted molar refractivity (Wildman–Crippen MR) is 85.7 cm³/mol. The van der Waals surface area contributed by atoms with Crippen LogP contribution in [0.2, 0.25) is 0 Å². The predicted octanol–water partition coefficient (Wildman–Crippen LogP) is 6.25. The summed E-state index contributed by atoms with van der Waals surface area (Å²) < 4.78 is 6.80. The molecule has 0 fully saturated rings. The van der Waals surface area contributed by atoms with Gasteiger partial charge in [0.2, 0.25) is 0 Å². The Kier molecular flexibility index (Phi) is 8.00. The molecule has 1 nitrogen and oxygen atoms in total. The number of unbranched alkanes of at least 4 members (excludes halogenated alkanes) is 3. The molecule has 0 aliphatic carbocycles. The molecule has 1 aromatic rings. The molecule has 0 saturated heterocycles. The zero-order valence-corrected chi connectivity index (χ0v) is 14.4. The third kappa shape index (κ3) is 5.31. The number of benzene rings is 1. The van der Waals surface area contributed by atoms with Gasteiger partial charge in [-0.05, 0) is 31.5 Å². The zero-order chi connectivity index (χ0) is 13.4. The van der Waals surface area contributed by atoms with Crippen LogP contribution >= 0.6 is 31.9 Å². The van der Waals surface area contributed by atoms with E-state index in [1.807, 2.05) is 19.1 Å². The third-order valence-electron chi connectivity index (χ3n) is 2.92. The van der Waals surface area contributed by atoms with Crippen LogP contribution in [0, 0.1) is 0 Å². The van der Waals surface area contributed by atoms with Crippen molar-refractivity contribution in [1.82, 2.24) is 0 Å². The van der Waals surface area contributed by atoms with Gasteiger partial charge in [0.05, 0.1) is 6.61 Å². The van der Waals surface area contributed by atoms with Crippen molar-refractivity contribution >= 4 is 31.9 Å². The molecular formula is C15H22Br2O. The quantitative estimate of drug-likeness (QED) is 0.384. The number of ether oxygens (including phenoxy) is 1. The van der Waals surface area contributed by atoms with E-state index in [0.717, 1.165) is 16.6 Å². The number of rotatable bonds is 8. The van der Waals surface area contributed by atoms with Gasteiger partial charge >= 0.3 is 0 Å². The summed E-state index contributed by atoms with van der Waals surface area (Å²) in [5, 5.41) is 0. The summed E-state index contributed by atoms with van der Waals surface area (Å²) in [4.78, 5) is 0.383. The van der Waals surface area contributed by atoms with Gasteiger partial charge in [-0.1, -0.05) is 64.5 Å². The normalized spacial score (nSPS) is 12.4. The summed E-state index contributed by atoms with van der Waals surface area (Å²) in [5.41, 5.74) is 1.25. The second-order valence-electron chi connectivity index (χ2n) is 4.43. The molecule has 0 amide bonds. The van der Waals surface area contributed by atoms with Gasteiger partial charge in [-0.2, -0.15) is 0 Å². The lowest BCUT2D eigenvalue weighted by molar-refractivity contribution is 0.336. The molecule has 1 unspecified atom stereocenters. The van der Waals surface area contributed by atoms with Crippen LogP contribution in [0.4, 0.5) is 0 Å². The Morgan fingerprint density at radius 1 is 1.17 bits per heavy atom. The Labute approximate surface area is 128 Å². The molecule has 0 saturated carbocycles. The highest BCUT2D eigenvalue weighted by Gasteiger charge is 2.13. The maximum absolute atomic E-state index is 5.69. The van der Waals surface area contributed by atoms with Crippen LogP contribution in [0.25, 0.3) is 0 Å². The van der Waals surface area contributed by atoms with Crippen LogP contribution < -0.4 is 4.74 Å². The molecule has 1 atom stereocenters. The van der Waals surface area contributed by atoms with Gasteiger partial charge < -0.3 is 4.74 Å². The summed E-state index contributed by atoms with van der Waals surface area (Å²) in [6.07, 6.45) is 6.36. The highest BCUT2D eigenvalue weighted by Crippen LogP contribution is 2.36. The Hall–Kier alpha value is -0.0200. The maximum Gasteiger partial charge on any atom is 0.123 e. The third-order valence-corrected chi connectivity index (χ3v) is 4.36. The van der Waals surface area contributed by atoms with E-state index < -0.39 is 0 Å². The maximum atomic E-state index is 5.69. The fourth-order valence-corrected chi connectivity index (χ4v) is 3.02. The minimum atomic E-state index is 0.383. The topological polar surface area (TPSA) is 9.23 Å². The van der Waals surface area contributed by atoms with Crippen molar-refractivity contribution in [3.63, 3.8) is 0 Å². The van der Waals surface area contributed by atoms with E-state index in [-0.39, 0.29) is 0 Å². The van der Waals surface area contributed by atoms with E-state index in [4.69, 9.17) is 4.74 Å². The number of hydrogen-bond donors (Lipinski definition) is 0. The summed E-state index contributed by atoms with van der Waals surface area (Å²) in [7, 11) is 0. The lowest BCUT2D eigenvalue weighted by Gasteiger charge is -2.15. The Morgan fingerprint density at radius 2 is 1.94 bits per heavy atom. The Bertz CT molecular complexity index is 352. The smallest absolute Gasteiger partial charge is 0.123 e. The highest BCUT2D eigenvalue weighted by molar-refractivity contribution is 9.10. The van der Waals surface area contributed by atoms with E-state index >= 15 is 0 Å². The standard InChI is InChI=1S/C15H22Br2O/c1-3-5-6-7-8-14(17)13-11-12(16)9-10-15(13)18-4-2/h9-11,14H,3-8H2,1-2H3. The van der Waals surface area contributed by atoms with Gasteiger partial charge in [-0.15, -0.1) is 0 Å². The first-order valence-electron chi connectivity index (χ1n) is 6.75. The first-order chi connectivity index (χ1) is 8.69. The van der Waals surface area contributed by atoms with Crippen LogP contribution in [-0.4, -0.2) is 6.61 Å². The van der Waals surface area contributed by atoms with Crippen molar-refractivity contribution in [1.29, 1.82) is 0 Å². The second kappa shape index (κ2) is 8.98. The molecule has 102 valence electrons. The van der Waals surface area contributed by atoms with Crippen molar-refractivity contribution in [3.8, 4) is 5.75 Å². The van der Waals surface area contributed by atoms with E-state index in [1.165, 1.54) is 31.2 Å². The van der Waals surface area contributed by atoms with Crippen molar-refractivity contribution in [3.05, 3.63) is 28.2 Å². The SMILES string of the molecule is CCCCCCC(Br)c1cc(Br)ccc1OCC. The lowest BCUT2D eigenvalue weighted by atomic mass is 10.0. The van der Waals surface area contributed by atoms with E-state index in [0.29, 0.717) is 11.4 Å². The molecule has 1 rings (SSSR count). The average Bonchev–Trinajstić information content (AvgIpc) is 2.37. The monoisotopic (exact) mass is 376 g/mol. The summed E-state index contributed by atoms with van der Waals surface area (Å²) >= 11 is 7.32. The molecule has 0 aliphatic rings. The van der Waals surface area contributed by atoms with Crippen molar-refractivity contribution in [2.45, 2.75) is 50.8 Å². The minimum Gasteiger partial charge on any atom is -0.494 e. The van der Waals surface area contributed by atoms with Crippen LogP contribution in [0.3, 0.4) is 0 Å². The van der Waals surface area contributed by atoms with Gasteiger partial charge in [-0.3, -0.25) is 0 Å². The highest BCUT2D eigenvalue weighted by atomic mass is 79.9. The van der Waals surface area contributed by atoms with Crippen molar-refractivity contribution < 1.29 is 4.74 Å². The Morgan fingerprint density at radius 3 is 2.61 bits per heavy atom. The lowest BCUT2D eigenvalue weighted by Crippen LogP contribution is -1.99. The molecule has 0 bridgehead atoms. The van der Waals surface area contributed by atoms with Crippen LogP contribution in [0.1, 0.15) is 56.3 Å². The molecule has 0 aliphatic heterocycles. The second-order valence-corrected chi connectivity index (χ2v) is 6.45. The van der Waals surface area contributed by atoms with Crippen molar-refractivity contribution in [2.24, 2.45) is 0 Å². The largest absolute Gasteiger partial charge is 0.494 e. The fraction of sp³-hybridized carbons (Fsp3) is 0.600. The van der Waals surface area contributed by atoms with E-state index in [1.54, 1.807) is 0 Å². The molecule has 3 heteroatoms. The molecule has 0 aromatic heterocycles. The fourth-order valence-electron chi connectivity index (χ4n) is 1.96. The molecule has 0 spiro atoms. The molecule has 0 N–H and O–H groups in total. The van der Waals surface area contributed by atoms with Gasteiger partial charge in [0.15, 0.2) is 0 Å². The molecular weight excluding hydrogens is 356 g/mol. The summed E-state index contributed by atoms with van der Waals surface area (Å²) in [5.74, 6) is 0.998. The Balaban J connectivity index is 2.64. The van der Waals surface area contributed by atoms with Crippen molar-refractivity contribution in [2.75, 3.05) is 6.61 Å². The average molecular weight is 378 g/mol. The number of halogens is 2. The number of hydrogen-bond acceptors (Lipinski definition) is 1. The van der Waals surface area contributed by atoms with Gasteiger partial charge in [0, 0.05) is 14.9 Å². The molecule has 1 aromatic carbocycles. The van der Waals surface area contributed by atoms with Gasteiger partial charge in [-0.25, -0.2) is 0 Å². The molecule has 0 heterocycles. The van der Waals surface area contributed by atoms with E-state index in [9.17, 15) is 0 Å². The van der Waals surface area contributed by atoms with Gasteiger partial charge in [0.1, 0.15) is 5.75 Å².